The van der Waals surface area contributed by atoms with Gasteiger partial charge in [-0.05, 0) is 237 Å². The second-order valence-electron chi connectivity index (χ2n) is 27.6. The Bertz CT molecular complexity index is 2840. The predicted molar refractivity (Wildman–Crippen MR) is 276 cm³/mol. The third-order valence-corrected chi connectivity index (χ3v) is 20.5. The van der Waals surface area contributed by atoms with E-state index in [0.717, 1.165) is 47.0 Å². The molecular weight excluding hydrogens is 798 g/mol. The number of anilines is 3. The zero-order chi connectivity index (χ0) is 45.1. The highest BCUT2D eigenvalue weighted by Gasteiger charge is 2.71. The molecule has 0 saturated heterocycles. The van der Waals surface area contributed by atoms with Gasteiger partial charge >= 0.3 is 0 Å². The minimum Gasteiger partial charge on any atom is -0.458 e. The molecule has 338 valence electrons. The van der Waals surface area contributed by atoms with Gasteiger partial charge in [-0.1, -0.05) is 117 Å². The van der Waals surface area contributed by atoms with Gasteiger partial charge in [-0.2, -0.15) is 0 Å². The fourth-order valence-electron chi connectivity index (χ4n) is 18.1. The highest BCUT2D eigenvalue weighted by Crippen LogP contribution is 2.79. The molecule has 8 fully saturated rings. The maximum Gasteiger partial charge on any atom is 0.256 e. The molecule has 1 spiro atoms. The normalized spacial score (nSPS) is 32.7. The molecule has 2 heterocycles. The molecule has 0 aromatic heterocycles. The van der Waals surface area contributed by atoms with Crippen molar-refractivity contribution in [1.29, 1.82) is 0 Å². The van der Waals surface area contributed by atoms with Crippen LogP contribution in [0.3, 0.4) is 0 Å². The van der Waals surface area contributed by atoms with Gasteiger partial charge in [-0.3, -0.25) is 0 Å². The van der Waals surface area contributed by atoms with Crippen molar-refractivity contribution in [2.24, 2.45) is 40.9 Å². The van der Waals surface area contributed by atoms with E-state index in [1.807, 2.05) is 0 Å². The summed E-state index contributed by atoms with van der Waals surface area (Å²) in [6.07, 6.45) is 17.3. The standard InChI is InChI=1S/C63H72BNO/c1-58(2,3)42-13-17-47(18-14-42)65-52-19-15-43(59(4,5)6)28-50(52)64-51-29-44(60(7,8)9)16-20-54(51)66-55-26-41(25-53(65)57(55)64)56-48(61-30-37-21-38(31-61)23-39(22-37)32-61)11-10-12-49(56)62-33-40-24-45-27-46(35-62)63(45,34-40)36-62/h10-20,25-26,28-29,37-40,45-46H,21-24,27,30-36H2,1-9H3/t37?,38?,39?,40?,45?,46-,61?,62?,63?/m1/s1. The van der Waals surface area contributed by atoms with Crippen LogP contribution in [-0.2, 0) is 27.1 Å². The van der Waals surface area contributed by atoms with Crippen LogP contribution in [0.2, 0.25) is 0 Å². The van der Waals surface area contributed by atoms with Crippen molar-refractivity contribution < 1.29 is 4.74 Å². The third-order valence-electron chi connectivity index (χ3n) is 20.5. The molecular formula is C63H72BNO. The topological polar surface area (TPSA) is 12.5 Å². The lowest BCUT2D eigenvalue weighted by Gasteiger charge is -2.58. The van der Waals surface area contributed by atoms with Crippen molar-refractivity contribution in [2.75, 3.05) is 4.90 Å². The van der Waals surface area contributed by atoms with E-state index in [1.54, 1.807) is 16.7 Å². The number of nitrogens with zero attached hydrogens (tertiary/aromatic N) is 1. The highest BCUT2D eigenvalue weighted by molar-refractivity contribution is 6.99. The first-order valence-electron chi connectivity index (χ1n) is 26.6. The van der Waals surface area contributed by atoms with Crippen molar-refractivity contribution in [2.45, 2.75) is 166 Å². The summed E-state index contributed by atoms with van der Waals surface area (Å²) in [6, 6.07) is 37.4. The molecule has 2 aliphatic heterocycles. The molecule has 0 amide bonds. The quantitative estimate of drug-likeness (QED) is 0.163. The summed E-state index contributed by atoms with van der Waals surface area (Å²) < 4.78 is 7.49. The maximum atomic E-state index is 7.49. The number of hydrogen-bond donors (Lipinski definition) is 0. The van der Waals surface area contributed by atoms with E-state index >= 15 is 0 Å². The van der Waals surface area contributed by atoms with Gasteiger partial charge < -0.3 is 9.64 Å². The molecule has 66 heavy (non-hydrogen) atoms. The Labute approximate surface area is 396 Å². The SMILES string of the molecule is CC(C)(C)c1ccc(N2c3ccc(C(C)(C)C)cc3B3c4cc(C(C)(C)C)ccc4Oc4cc(-c5c(C67CC8CC(CC(C8)C6)C7)cccc5C56CC7CC8C[C@H](C5)C8(C7)C6)cc2c43)cc1. The molecule has 3 heteroatoms. The van der Waals surface area contributed by atoms with Gasteiger partial charge in [0.1, 0.15) is 11.5 Å². The summed E-state index contributed by atoms with van der Waals surface area (Å²) in [6.45, 7) is 21.2. The molecule has 5 aromatic carbocycles. The predicted octanol–water partition coefficient (Wildman–Crippen LogP) is 14.6. The van der Waals surface area contributed by atoms with Crippen LogP contribution in [0.1, 0.15) is 167 Å². The molecule has 15 rings (SSSR count). The number of benzene rings is 5. The zero-order valence-corrected chi connectivity index (χ0v) is 41.5. The van der Waals surface area contributed by atoms with Crippen LogP contribution >= 0.6 is 0 Å². The number of fused-ring (bicyclic) bond motifs is 6. The Balaban J connectivity index is 1.05. The van der Waals surface area contributed by atoms with Gasteiger partial charge in [-0.25, -0.2) is 0 Å². The molecule has 0 N–H and O–H groups in total. The molecule has 5 aromatic rings. The van der Waals surface area contributed by atoms with Crippen LogP contribution in [0.4, 0.5) is 17.1 Å². The van der Waals surface area contributed by atoms with E-state index in [1.165, 1.54) is 133 Å². The monoisotopic (exact) mass is 870 g/mol. The van der Waals surface area contributed by atoms with Crippen LogP contribution < -0.4 is 26.0 Å². The Hall–Kier alpha value is -4.24. The van der Waals surface area contributed by atoms with E-state index in [-0.39, 0.29) is 33.8 Å². The fourth-order valence-corrected chi connectivity index (χ4v) is 18.1. The van der Waals surface area contributed by atoms with Gasteiger partial charge in [0.15, 0.2) is 0 Å². The van der Waals surface area contributed by atoms with Gasteiger partial charge in [0.05, 0.1) is 0 Å². The van der Waals surface area contributed by atoms with E-state index in [9.17, 15) is 0 Å². The number of hydrogen-bond acceptors (Lipinski definition) is 2. The van der Waals surface area contributed by atoms with Crippen LogP contribution in [-0.4, -0.2) is 6.71 Å². The first-order chi connectivity index (χ1) is 31.4. The lowest BCUT2D eigenvalue weighted by molar-refractivity contribution is -0.00505. The molecule has 8 saturated carbocycles. The van der Waals surface area contributed by atoms with Crippen molar-refractivity contribution in [3.05, 3.63) is 119 Å². The lowest BCUT2D eigenvalue weighted by atomic mass is 9.33. The summed E-state index contributed by atoms with van der Waals surface area (Å²) >= 11 is 0. The van der Waals surface area contributed by atoms with Crippen LogP contribution in [0.25, 0.3) is 11.1 Å². The summed E-state index contributed by atoms with van der Waals surface area (Å²) in [5.41, 5.74) is 19.7. The van der Waals surface area contributed by atoms with Crippen LogP contribution in [0.15, 0.2) is 91.0 Å². The zero-order valence-electron chi connectivity index (χ0n) is 41.5. The Morgan fingerprint density at radius 1 is 0.515 bits per heavy atom. The third kappa shape index (κ3) is 5.61. The molecule has 5 atom stereocenters. The van der Waals surface area contributed by atoms with E-state index in [4.69, 9.17) is 4.74 Å². The fraction of sp³-hybridized carbons (Fsp3) is 0.524. The van der Waals surface area contributed by atoms with Crippen molar-refractivity contribution in [3.63, 3.8) is 0 Å². The lowest BCUT2D eigenvalue weighted by Crippen LogP contribution is -2.60. The van der Waals surface area contributed by atoms with Crippen LogP contribution in [0.5, 0.6) is 11.5 Å². The van der Waals surface area contributed by atoms with Crippen molar-refractivity contribution in [1.82, 2.24) is 0 Å². The maximum absolute atomic E-state index is 7.49. The Morgan fingerprint density at radius 2 is 1.12 bits per heavy atom. The largest absolute Gasteiger partial charge is 0.458 e. The molecule has 7 bridgehead atoms. The first-order valence-corrected chi connectivity index (χ1v) is 26.6. The number of ether oxygens (including phenoxy) is 1. The van der Waals surface area contributed by atoms with Gasteiger partial charge in [0.2, 0.25) is 0 Å². The summed E-state index contributed by atoms with van der Waals surface area (Å²) in [4.78, 5) is 2.65. The summed E-state index contributed by atoms with van der Waals surface area (Å²) in [5, 5.41) is 0. The van der Waals surface area contributed by atoms with Crippen LogP contribution in [0, 0.1) is 40.9 Å². The van der Waals surface area contributed by atoms with Crippen molar-refractivity contribution >= 4 is 40.2 Å². The minimum absolute atomic E-state index is 0.0110. The summed E-state index contributed by atoms with van der Waals surface area (Å²) in [5.74, 6) is 7.57. The van der Waals surface area contributed by atoms with E-state index < -0.39 is 0 Å². The first kappa shape index (κ1) is 40.8. The molecule has 4 unspecified atom stereocenters. The Morgan fingerprint density at radius 3 is 1.79 bits per heavy atom. The van der Waals surface area contributed by atoms with E-state index in [0.29, 0.717) is 5.41 Å². The summed E-state index contributed by atoms with van der Waals surface area (Å²) in [7, 11) is 0. The Kier molecular flexibility index (Phi) is 8.09. The molecule has 2 nitrogen and oxygen atoms in total. The van der Waals surface area contributed by atoms with Crippen molar-refractivity contribution in [3.8, 4) is 22.6 Å². The molecule has 10 aliphatic rings. The minimum atomic E-state index is 0.0110. The smallest absolute Gasteiger partial charge is 0.256 e. The average Bonchev–Trinajstić information content (AvgIpc) is 3.58. The second kappa shape index (κ2) is 13.1. The highest BCUT2D eigenvalue weighted by atomic mass is 16.5. The van der Waals surface area contributed by atoms with Gasteiger partial charge in [-0.15, -0.1) is 0 Å². The second-order valence-corrected chi connectivity index (χ2v) is 27.6. The van der Waals surface area contributed by atoms with Gasteiger partial charge in [0.25, 0.3) is 6.71 Å². The van der Waals surface area contributed by atoms with Gasteiger partial charge in [0, 0.05) is 17.1 Å². The molecule has 0 radical (unpaired) electrons. The molecule has 8 aliphatic carbocycles. The average molecular weight is 870 g/mol. The van der Waals surface area contributed by atoms with E-state index in [2.05, 4.69) is 158 Å². The number of rotatable bonds is 4.